The second-order valence-corrected chi connectivity index (χ2v) is 8.93. The maximum atomic E-state index is 12.7. The van der Waals surface area contributed by atoms with Crippen LogP contribution in [0.15, 0.2) is 47.2 Å². The summed E-state index contributed by atoms with van der Waals surface area (Å²) in [6.07, 6.45) is 0.972. The van der Waals surface area contributed by atoms with Crippen molar-refractivity contribution in [3.63, 3.8) is 0 Å². The summed E-state index contributed by atoms with van der Waals surface area (Å²) in [7, 11) is 0. The first kappa shape index (κ1) is 18.0. The van der Waals surface area contributed by atoms with Crippen LogP contribution in [-0.2, 0) is 11.2 Å². The van der Waals surface area contributed by atoms with E-state index >= 15 is 0 Å². The van der Waals surface area contributed by atoms with Crippen LogP contribution in [0.4, 0.5) is 5.69 Å². The molecule has 1 atom stereocenters. The van der Waals surface area contributed by atoms with Gasteiger partial charge in [0.2, 0.25) is 5.91 Å². The molecule has 3 heterocycles. The lowest BCUT2D eigenvalue weighted by Gasteiger charge is -2.34. The number of nitrogens with one attached hydrogen (secondary N) is 1. The fourth-order valence-electron chi connectivity index (χ4n) is 3.29. The zero-order valence-electron chi connectivity index (χ0n) is 13.7. The number of carbonyl (C=O) groups is 1. The molecule has 0 bridgehead atoms. The van der Waals surface area contributed by atoms with Gasteiger partial charge < -0.3 is 5.32 Å². The molecule has 1 aromatic carbocycles. The Hall–Kier alpha value is -1.37. The molecule has 134 valence electrons. The summed E-state index contributed by atoms with van der Waals surface area (Å²) in [5.41, 5.74) is 1.86. The van der Waals surface area contributed by atoms with Gasteiger partial charge in [0.05, 0.1) is 23.3 Å². The fourth-order valence-corrected chi connectivity index (χ4v) is 5.40. The van der Waals surface area contributed by atoms with E-state index in [4.69, 9.17) is 23.2 Å². The molecular weight excluding hydrogens is 407 g/mol. The molecule has 4 rings (SSSR count). The van der Waals surface area contributed by atoms with E-state index in [9.17, 15) is 4.79 Å². The molecule has 1 amide bonds. The lowest BCUT2D eigenvalue weighted by atomic mass is 9.98. The highest BCUT2D eigenvalue weighted by Gasteiger charge is 2.31. The molecule has 0 radical (unpaired) electrons. The Balaban J connectivity index is 1.55. The van der Waals surface area contributed by atoms with Crippen molar-refractivity contribution in [3.8, 4) is 0 Å². The predicted octanol–water partition coefficient (Wildman–Crippen LogP) is 5.70. The van der Waals surface area contributed by atoms with Crippen LogP contribution in [0.2, 0.25) is 10.0 Å². The molecule has 0 aliphatic carbocycles. The lowest BCUT2D eigenvalue weighted by Crippen LogP contribution is -2.40. The van der Waals surface area contributed by atoms with Crippen molar-refractivity contribution in [1.82, 2.24) is 4.90 Å². The molecule has 1 N–H and O–H groups in total. The number of rotatable bonds is 4. The molecule has 26 heavy (non-hydrogen) atoms. The molecule has 3 nitrogen and oxygen atoms in total. The number of thiophene rings is 2. The Morgan fingerprint density at radius 1 is 1.19 bits per heavy atom. The molecule has 0 unspecified atom stereocenters. The van der Waals surface area contributed by atoms with Gasteiger partial charge in [-0.15, -0.1) is 22.7 Å². The number of hydrogen-bond acceptors (Lipinski definition) is 4. The van der Waals surface area contributed by atoms with E-state index in [2.05, 4.69) is 39.2 Å². The number of hydrogen-bond donors (Lipinski definition) is 1. The normalized spacial score (nSPS) is 17.1. The summed E-state index contributed by atoms with van der Waals surface area (Å²) in [4.78, 5) is 17.6. The zero-order chi connectivity index (χ0) is 18.1. The summed E-state index contributed by atoms with van der Waals surface area (Å²) >= 11 is 15.7. The summed E-state index contributed by atoms with van der Waals surface area (Å²) in [6.45, 7) is 1.16. The smallest absolute Gasteiger partial charge is 0.238 e. The van der Waals surface area contributed by atoms with E-state index < -0.39 is 0 Å². The minimum absolute atomic E-state index is 0.0885. The minimum atomic E-state index is -0.0885. The van der Waals surface area contributed by atoms with Gasteiger partial charge in [0, 0.05) is 21.3 Å². The van der Waals surface area contributed by atoms with Crippen LogP contribution in [-0.4, -0.2) is 23.9 Å². The van der Waals surface area contributed by atoms with Gasteiger partial charge in [-0.05, 0) is 53.1 Å². The van der Waals surface area contributed by atoms with Gasteiger partial charge in [-0.1, -0.05) is 29.3 Å². The maximum absolute atomic E-state index is 12.7. The molecule has 3 aromatic rings. The first-order valence-electron chi connectivity index (χ1n) is 8.20. The molecule has 0 fully saturated rings. The molecule has 2 aromatic heterocycles. The molecule has 0 saturated carbocycles. The second-order valence-electron chi connectivity index (χ2n) is 6.11. The van der Waals surface area contributed by atoms with E-state index in [0.717, 1.165) is 13.0 Å². The monoisotopic (exact) mass is 422 g/mol. The topological polar surface area (TPSA) is 32.3 Å². The highest BCUT2D eigenvalue weighted by molar-refractivity contribution is 7.10. The van der Waals surface area contributed by atoms with Crippen LogP contribution in [0.3, 0.4) is 0 Å². The molecule has 1 aliphatic heterocycles. The molecule has 0 spiro atoms. The van der Waals surface area contributed by atoms with Gasteiger partial charge in [-0.2, -0.15) is 0 Å². The standard InChI is InChI=1S/C19H16Cl2N2OS2/c20-12-3-4-14(21)15(10-12)22-18(24)11-23-7-5-16-13(6-9-26-16)19(23)17-2-1-8-25-17/h1-4,6,8-10,19H,5,7,11H2,(H,22,24)/t19-/m1/s1. The SMILES string of the molecule is O=C(CN1CCc2sccc2[C@@H]1c1cccs1)Nc1cc(Cl)ccc1Cl. The lowest BCUT2D eigenvalue weighted by molar-refractivity contribution is -0.117. The Morgan fingerprint density at radius 2 is 2.08 bits per heavy atom. The first-order chi connectivity index (χ1) is 12.6. The van der Waals surface area contributed by atoms with Gasteiger partial charge >= 0.3 is 0 Å². The number of amides is 1. The van der Waals surface area contributed by atoms with Crippen molar-refractivity contribution in [2.45, 2.75) is 12.5 Å². The van der Waals surface area contributed by atoms with Gasteiger partial charge in [-0.25, -0.2) is 0 Å². The van der Waals surface area contributed by atoms with Gasteiger partial charge in [0.15, 0.2) is 0 Å². The first-order valence-corrected chi connectivity index (χ1v) is 10.7. The van der Waals surface area contributed by atoms with Crippen LogP contribution in [0, 0.1) is 0 Å². The molecule has 1 aliphatic rings. The van der Waals surface area contributed by atoms with Crippen LogP contribution < -0.4 is 5.32 Å². The Morgan fingerprint density at radius 3 is 2.88 bits per heavy atom. The third-order valence-electron chi connectivity index (χ3n) is 4.43. The number of halogens is 2. The number of fused-ring (bicyclic) bond motifs is 1. The molecule has 7 heteroatoms. The number of carbonyl (C=O) groups excluding carboxylic acids is 1. The summed E-state index contributed by atoms with van der Waals surface area (Å²) in [5.74, 6) is -0.0885. The van der Waals surface area contributed by atoms with E-state index in [-0.39, 0.29) is 11.9 Å². The van der Waals surface area contributed by atoms with Crippen molar-refractivity contribution in [3.05, 3.63) is 72.5 Å². The largest absolute Gasteiger partial charge is 0.324 e. The van der Waals surface area contributed by atoms with Crippen LogP contribution in [0.1, 0.15) is 21.4 Å². The van der Waals surface area contributed by atoms with Crippen molar-refractivity contribution < 1.29 is 4.79 Å². The number of anilines is 1. The fraction of sp³-hybridized carbons (Fsp3) is 0.211. The number of nitrogens with zero attached hydrogens (tertiary/aromatic N) is 1. The summed E-state index contributed by atoms with van der Waals surface area (Å²) in [6, 6.07) is 11.6. The summed E-state index contributed by atoms with van der Waals surface area (Å²) < 4.78 is 0. The van der Waals surface area contributed by atoms with Crippen molar-refractivity contribution in [2.24, 2.45) is 0 Å². The summed E-state index contributed by atoms with van der Waals surface area (Å²) in [5, 5.41) is 8.14. The van der Waals surface area contributed by atoms with Gasteiger partial charge in [-0.3, -0.25) is 9.69 Å². The third kappa shape index (κ3) is 3.68. The molecule has 0 saturated heterocycles. The number of benzene rings is 1. The maximum Gasteiger partial charge on any atom is 0.238 e. The zero-order valence-corrected chi connectivity index (χ0v) is 16.9. The van der Waals surface area contributed by atoms with Crippen molar-refractivity contribution >= 4 is 57.5 Å². The average molecular weight is 423 g/mol. The average Bonchev–Trinajstić information content (AvgIpc) is 3.29. The van der Waals surface area contributed by atoms with Crippen molar-refractivity contribution in [2.75, 3.05) is 18.4 Å². The quantitative estimate of drug-likeness (QED) is 0.584. The minimum Gasteiger partial charge on any atom is -0.324 e. The van der Waals surface area contributed by atoms with E-state index in [1.54, 1.807) is 40.9 Å². The van der Waals surface area contributed by atoms with Crippen molar-refractivity contribution in [1.29, 1.82) is 0 Å². The third-order valence-corrected chi connectivity index (χ3v) is 6.91. The van der Waals surface area contributed by atoms with Crippen LogP contribution >= 0.6 is 45.9 Å². The van der Waals surface area contributed by atoms with E-state index in [1.165, 1.54) is 15.3 Å². The van der Waals surface area contributed by atoms with Gasteiger partial charge in [0.25, 0.3) is 0 Å². The highest BCUT2D eigenvalue weighted by atomic mass is 35.5. The van der Waals surface area contributed by atoms with E-state index in [1.807, 2.05) is 0 Å². The second kappa shape index (κ2) is 7.71. The van der Waals surface area contributed by atoms with Crippen LogP contribution in [0.5, 0.6) is 0 Å². The highest BCUT2D eigenvalue weighted by Crippen LogP contribution is 2.39. The van der Waals surface area contributed by atoms with Gasteiger partial charge in [0.1, 0.15) is 0 Å². The molecular formula is C19H16Cl2N2OS2. The Bertz CT molecular complexity index is 924. The predicted molar refractivity (Wildman–Crippen MR) is 111 cm³/mol. The Kier molecular flexibility index (Phi) is 5.34. The Labute approximate surface area is 170 Å². The van der Waals surface area contributed by atoms with Crippen LogP contribution in [0.25, 0.3) is 0 Å². The van der Waals surface area contributed by atoms with E-state index in [0.29, 0.717) is 22.3 Å².